The van der Waals surface area contributed by atoms with Crippen LogP contribution in [-0.4, -0.2) is 47.4 Å². The monoisotopic (exact) mass is 656 g/mol. The highest BCUT2D eigenvalue weighted by molar-refractivity contribution is 6.30. The molecule has 0 saturated carbocycles. The minimum absolute atomic E-state index is 0.00286. The summed E-state index contributed by atoms with van der Waals surface area (Å²) in [6.45, 7) is -0.691. The van der Waals surface area contributed by atoms with Crippen molar-refractivity contribution in [3.63, 3.8) is 0 Å². The van der Waals surface area contributed by atoms with Gasteiger partial charge in [0.05, 0.1) is 24.7 Å². The molecule has 0 heterocycles. The number of rotatable bonds is 11. The van der Waals surface area contributed by atoms with E-state index in [1.165, 1.54) is 55.6 Å². The molecule has 1 aliphatic carbocycles. The number of anilines is 1. The number of nitrogens with one attached hydrogen (secondary N) is 1. The average Bonchev–Trinajstić information content (AvgIpc) is 3.01. The Hall–Kier alpha value is -5.10. The normalized spacial score (nSPS) is 12.8. The fourth-order valence-electron chi connectivity index (χ4n) is 4.58. The van der Waals surface area contributed by atoms with E-state index in [0.29, 0.717) is 29.0 Å². The lowest BCUT2D eigenvalue weighted by atomic mass is 10.0. The molecule has 0 atom stereocenters. The fraction of sp³-hybridized carbons (Fsp3) is 0.212. The van der Waals surface area contributed by atoms with Crippen LogP contribution in [0.5, 0.6) is 11.5 Å². The number of nitrogens with zero attached hydrogens (tertiary/aromatic N) is 1. The Morgan fingerprint density at radius 3 is 2.26 bits per heavy atom. The van der Waals surface area contributed by atoms with Crippen LogP contribution in [0.2, 0.25) is 0 Å². The van der Waals surface area contributed by atoms with Crippen LogP contribution in [0.25, 0.3) is 0 Å². The summed E-state index contributed by atoms with van der Waals surface area (Å²) in [5, 5.41) is 12.5. The van der Waals surface area contributed by atoms with Crippen molar-refractivity contribution in [2.45, 2.75) is 32.0 Å². The van der Waals surface area contributed by atoms with E-state index in [9.17, 15) is 37.5 Å². The summed E-state index contributed by atoms with van der Waals surface area (Å²) in [4.78, 5) is 50.8. The Balaban J connectivity index is 1.39. The summed E-state index contributed by atoms with van der Waals surface area (Å²) in [7, 11) is 1.24. The molecule has 240 valence electrons. The number of carbonyl (C=O) groups is 4. The number of hydrogen-bond donors (Lipinski definition) is 2. The molecule has 2 amide bonds. The average molecular weight is 657 g/mol. The summed E-state index contributed by atoms with van der Waals surface area (Å²) in [6, 6.07) is 15.0. The molecule has 0 aromatic heterocycles. The maximum Gasteiger partial charge on any atom is 0.416 e. The van der Waals surface area contributed by atoms with Crippen molar-refractivity contribution in [3.05, 3.63) is 112 Å². The Morgan fingerprint density at radius 2 is 1.65 bits per heavy atom. The van der Waals surface area contributed by atoms with Crippen LogP contribution in [0.3, 0.4) is 0 Å². The van der Waals surface area contributed by atoms with E-state index in [-0.39, 0.29) is 34.9 Å². The van der Waals surface area contributed by atoms with Crippen LogP contribution in [0.15, 0.2) is 89.5 Å². The molecule has 3 aromatic carbocycles. The summed E-state index contributed by atoms with van der Waals surface area (Å²) < 4.78 is 50.7. The number of allylic oxidation sites excluding steroid dienone is 2. The first kappa shape index (κ1) is 33.8. The minimum atomic E-state index is -4.69. The third kappa shape index (κ3) is 9.21. The molecule has 0 spiro atoms. The summed E-state index contributed by atoms with van der Waals surface area (Å²) in [6.07, 6.45) is -0.698. The second-order valence-corrected chi connectivity index (χ2v) is 10.7. The number of amides is 2. The van der Waals surface area contributed by atoms with E-state index in [1.54, 1.807) is 24.3 Å². The Morgan fingerprint density at radius 1 is 0.978 bits per heavy atom. The summed E-state index contributed by atoms with van der Waals surface area (Å²) >= 11 is 6.00. The van der Waals surface area contributed by atoms with Gasteiger partial charge in [-0.15, -0.1) is 0 Å². The molecule has 3 aromatic rings. The predicted octanol–water partition coefficient (Wildman–Crippen LogP) is 6.37. The highest BCUT2D eigenvalue weighted by Crippen LogP contribution is 2.35. The molecule has 0 radical (unpaired) electrons. The topological polar surface area (TPSA) is 122 Å². The van der Waals surface area contributed by atoms with Crippen LogP contribution in [0.1, 0.15) is 39.9 Å². The zero-order chi connectivity index (χ0) is 33.4. The van der Waals surface area contributed by atoms with Crippen molar-refractivity contribution in [2.24, 2.45) is 0 Å². The number of carboxylic acids is 1. The van der Waals surface area contributed by atoms with Crippen LogP contribution in [-0.2, 0) is 33.5 Å². The molecule has 13 heteroatoms. The molecule has 1 aliphatic rings. The number of aliphatic carboxylic acids is 1. The number of alkyl halides is 3. The van der Waals surface area contributed by atoms with Crippen LogP contribution in [0.4, 0.5) is 18.9 Å². The van der Waals surface area contributed by atoms with E-state index in [1.807, 2.05) is 0 Å². The lowest BCUT2D eigenvalue weighted by molar-refractivity contribution is -0.139. The van der Waals surface area contributed by atoms with Gasteiger partial charge in [-0.25, -0.2) is 4.79 Å². The van der Waals surface area contributed by atoms with Gasteiger partial charge in [0.25, 0.3) is 5.91 Å². The molecule has 0 unspecified atom stereocenters. The molecule has 0 fully saturated rings. The Kier molecular flexibility index (Phi) is 10.9. The number of hydrogen-bond acceptors (Lipinski definition) is 6. The van der Waals surface area contributed by atoms with Gasteiger partial charge in [-0.05, 0) is 78.6 Å². The summed E-state index contributed by atoms with van der Waals surface area (Å²) in [5.74, 6) is -2.89. The maximum atomic E-state index is 13.5. The van der Waals surface area contributed by atoms with Crippen molar-refractivity contribution in [3.8, 4) is 11.5 Å². The second kappa shape index (κ2) is 14.8. The highest BCUT2D eigenvalue weighted by Gasteiger charge is 2.34. The third-order valence-electron chi connectivity index (χ3n) is 6.80. The van der Waals surface area contributed by atoms with Gasteiger partial charge in [-0.2, -0.15) is 13.2 Å². The van der Waals surface area contributed by atoms with E-state index in [0.717, 1.165) is 11.0 Å². The maximum absolute atomic E-state index is 13.5. The van der Waals surface area contributed by atoms with E-state index in [4.69, 9.17) is 21.1 Å². The first-order chi connectivity index (χ1) is 21.8. The largest absolute Gasteiger partial charge is 0.497 e. The predicted molar refractivity (Wildman–Crippen MR) is 162 cm³/mol. The van der Waals surface area contributed by atoms with Gasteiger partial charge in [0, 0.05) is 22.8 Å². The zero-order valence-corrected chi connectivity index (χ0v) is 25.2. The van der Waals surface area contributed by atoms with Gasteiger partial charge in [0.1, 0.15) is 18.0 Å². The van der Waals surface area contributed by atoms with Crippen molar-refractivity contribution in [2.75, 3.05) is 19.0 Å². The molecule has 2 N–H and O–H groups in total. The number of esters is 1. The lowest BCUT2D eigenvalue weighted by Gasteiger charge is -2.21. The number of benzene rings is 3. The zero-order valence-electron chi connectivity index (χ0n) is 24.4. The molecule has 0 aliphatic heterocycles. The molecular weight excluding hydrogens is 629 g/mol. The number of halogens is 4. The van der Waals surface area contributed by atoms with Crippen molar-refractivity contribution in [1.82, 2.24) is 4.90 Å². The van der Waals surface area contributed by atoms with Gasteiger partial charge >= 0.3 is 18.1 Å². The van der Waals surface area contributed by atoms with Gasteiger partial charge in [0.2, 0.25) is 5.91 Å². The minimum Gasteiger partial charge on any atom is -0.497 e. The molecule has 4 rings (SSSR count). The fourth-order valence-corrected chi connectivity index (χ4v) is 4.80. The van der Waals surface area contributed by atoms with Crippen LogP contribution in [0, 0.1) is 0 Å². The number of carboxylic acid groups (broad SMARTS) is 1. The van der Waals surface area contributed by atoms with Crippen molar-refractivity contribution >= 4 is 41.0 Å². The van der Waals surface area contributed by atoms with Crippen molar-refractivity contribution in [1.29, 1.82) is 0 Å². The van der Waals surface area contributed by atoms with E-state index < -0.39 is 48.5 Å². The molecule has 0 bridgehead atoms. The Bertz CT molecular complexity index is 1680. The first-order valence-corrected chi connectivity index (χ1v) is 14.2. The molecule has 9 nitrogen and oxygen atoms in total. The van der Waals surface area contributed by atoms with E-state index >= 15 is 0 Å². The number of methoxy groups -OCH3 is 1. The smallest absolute Gasteiger partial charge is 0.416 e. The number of ether oxygens (including phenoxy) is 2. The van der Waals surface area contributed by atoms with Crippen LogP contribution < -0.4 is 14.8 Å². The third-order valence-corrected chi connectivity index (χ3v) is 7.10. The SMILES string of the molecule is COc1ccc(CC(=O)Nc2ccc(C(=O)N(CC(=O)O)Cc3ccc(OC(=O)C4=CCCC(Cl)=C4)cc3)cc2)c(C(F)(F)F)c1. The first-order valence-electron chi connectivity index (χ1n) is 13.8. The van der Waals surface area contributed by atoms with Gasteiger partial charge < -0.3 is 24.8 Å². The lowest BCUT2D eigenvalue weighted by Crippen LogP contribution is -2.35. The second-order valence-electron chi connectivity index (χ2n) is 10.2. The van der Waals surface area contributed by atoms with Crippen molar-refractivity contribution < 1.29 is 46.9 Å². The van der Waals surface area contributed by atoms with E-state index in [2.05, 4.69) is 5.32 Å². The standard InChI is InChI=1S/C33H28ClF3N2O7/c1-45-27-14-9-22(28(17-27)33(35,36)37)16-29(40)38-25-10-7-21(8-11-25)31(43)39(19-30(41)42)18-20-5-12-26(13-6-20)46-32(44)23-3-2-4-24(34)15-23/h3,5-15,17H,2,4,16,18-19H2,1H3,(H,38,40)(H,41,42). The quantitative estimate of drug-likeness (QED) is 0.182. The molecule has 0 saturated heterocycles. The number of carbonyl (C=O) groups excluding carboxylic acids is 3. The molecule has 46 heavy (non-hydrogen) atoms. The van der Waals surface area contributed by atoms with Gasteiger partial charge in [-0.3, -0.25) is 14.4 Å². The van der Waals surface area contributed by atoms with Gasteiger partial charge in [-0.1, -0.05) is 35.9 Å². The van der Waals surface area contributed by atoms with Crippen LogP contribution >= 0.6 is 11.6 Å². The highest BCUT2D eigenvalue weighted by atomic mass is 35.5. The molecular formula is C33H28ClF3N2O7. The van der Waals surface area contributed by atoms with Gasteiger partial charge in [0.15, 0.2) is 0 Å². The Labute approximate surface area is 266 Å². The summed E-state index contributed by atoms with van der Waals surface area (Å²) in [5.41, 5.74) is 0.0210.